The van der Waals surface area contributed by atoms with Gasteiger partial charge in [-0.05, 0) is 50.3 Å². The summed E-state index contributed by atoms with van der Waals surface area (Å²) in [5, 5.41) is 3.26. The van der Waals surface area contributed by atoms with Crippen molar-refractivity contribution >= 4 is 22.9 Å². The van der Waals surface area contributed by atoms with Gasteiger partial charge in [-0.2, -0.15) is 0 Å². The monoisotopic (exact) mass is 387 g/mol. The van der Waals surface area contributed by atoms with E-state index in [1.807, 2.05) is 32.0 Å². The fourth-order valence-electron chi connectivity index (χ4n) is 2.91. The molecule has 0 aliphatic rings. The number of H-pyrrole nitrogens is 1. The van der Waals surface area contributed by atoms with E-state index in [1.165, 1.54) is 0 Å². The second kappa shape index (κ2) is 10.2. The molecule has 2 N–H and O–H groups in total. The third-order valence-electron chi connectivity index (χ3n) is 4.25. The Balaban J connectivity index is 2.52. The van der Waals surface area contributed by atoms with Gasteiger partial charge in [-0.25, -0.2) is 4.98 Å². The van der Waals surface area contributed by atoms with E-state index in [9.17, 15) is 4.79 Å². The molecule has 0 amide bonds. The molecule has 0 atom stereocenters. The molecule has 0 unspecified atom stereocenters. The van der Waals surface area contributed by atoms with Crippen molar-refractivity contribution < 1.29 is 4.74 Å². The molecular weight excluding hydrogens is 358 g/mol. The van der Waals surface area contributed by atoms with Gasteiger partial charge in [-0.1, -0.05) is 39.9 Å². The molecule has 0 aliphatic heterocycles. The average Bonchev–Trinajstić information content (AvgIpc) is 2.66. The predicted molar refractivity (Wildman–Crippen MR) is 116 cm³/mol. The number of thiocarbonyl (C=S) groups is 1. The summed E-state index contributed by atoms with van der Waals surface area (Å²) >= 11 is 5.38. The van der Waals surface area contributed by atoms with Crippen LogP contribution in [0.2, 0.25) is 0 Å². The van der Waals surface area contributed by atoms with Crippen LogP contribution in [0.5, 0.6) is 5.75 Å². The Morgan fingerprint density at radius 2 is 1.96 bits per heavy atom. The zero-order valence-electron chi connectivity index (χ0n) is 16.6. The minimum atomic E-state index is -0.0827. The number of aromatic amines is 1. The van der Waals surface area contributed by atoms with Crippen LogP contribution in [0.1, 0.15) is 58.2 Å². The normalized spacial score (nSPS) is 10.7. The molecule has 2 rings (SSSR count). The van der Waals surface area contributed by atoms with Crippen molar-refractivity contribution in [1.82, 2.24) is 9.97 Å². The molecule has 0 aliphatic carbocycles. The number of anilines is 1. The van der Waals surface area contributed by atoms with E-state index in [0.717, 1.165) is 46.8 Å². The molecule has 1 aromatic heterocycles. The third kappa shape index (κ3) is 5.39. The van der Waals surface area contributed by atoms with Crippen LogP contribution < -0.4 is 15.6 Å². The van der Waals surface area contributed by atoms with Gasteiger partial charge in [-0.3, -0.25) is 4.79 Å². The molecule has 0 saturated carbocycles. The van der Waals surface area contributed by atoms with Crippen molar-refractivity contribution in [3.63, 3.8) is 0 Å². The zero-order chi connectivity index (χ0) is 19.8. The Labute approximate surface area is 166 Å². The smallest absolute Gasteiger partial charge is 0.254 e. The number of rotatable bonds is 9. The SMILES string of the molecule is CCCOc1ccc(NC(=S)CCC)cc1-c1nc(CC)c(CC)c(=O)[nH]1. The van der Waals surface area contributed by atoms with Crippen molar-refractivity contribution in [2.24, 2.45) is 0 Å². The van der Waals surface area contributed by atoms with Crippen LogP contribution in [0.4, 0.5) is 5.69 Å². The molecular formula is C21H29N3O2S. The Morgan fingerprint density at radius 3 is 2.59 bits per heavy atom. The highest BCUT2D eigenvalue weighted by molar-refractivity contribution is 7.80. The largest absolute Gasteiger partial charge is 0.493 e. The molecule has 0 radical (unpaired) electrons. The molecule has 1 aromatic carbocycles. The van der Waals surface area contributed by atoms with Gasteiger partial charge in [0.1, 0.15) is 11.6 Å². The maximum atomic E-state index is 12.5. The van der Waals surface area contributed by atoms with Gasteiger partial charge in [0.25, 0.3) is 5.56 Å². The van der Waals surface area contributed by atoms with Crippen molar-refractivity contribution in [3.05, 3.63) is 39.8 Å². The Hall–Kier alpha value is -2.21. The molecule has 5 nitrogen and oxygen atoms in total. The molecule has 0 fully saturated rings. The lowest BCUT2D eigenvalue weighted by molar-refractivity contribution is 0.318. The van der Waals surface area contributed by atoms with Gasteiger partial charge < -0.3 is 15.0 Å². The minimum absolute atomic E-state index is 0.0827. The van der Waals surface area contributed by atoms with Gasteiger partial charge in [0.05, 0.1) is 22.9 Å². The summed E-state index contributed by atoms with van der Waals surface area (Å²) in [7, 11) is 0. The van der Waals surface area contributed by atoms with Crippen LogP contribution in [0.15, 0.2) is 23.0 Å². The molecule has 146 valence electrons. The van der Waals surface area contributed by atoms with E-state index in [2.05, 4.69) is 24.1 Å². The van der Waals surface area contributed by atoms with Gasteiger partial charge in [0.15, 0.2) is 0 Å². The van der Waals surface area contributed by atoms with E-state index in [-0.39, 0.29) is 5.56 Å². The second-order valence-corrected chi connectivity index (χ2v) is 6.90. The average molecular weight is 388 g/mol. The number of aromatic nitrogens is 2. The van der Waals surface area contributed by atoms with E-state index in [1.54, 1.807) is 0 Å². The molecule has 27 heavy (non-hydrogen) atoms. The Kier molecular flexibility index (Phi) is 7.98. The lowest BCUT2D eigenvalue weighted by Crippen LogP contribution is -2.18. The number of ether oxygens (including phenoxy) is 1. The lowest BCUT2D eigenvalue weighted by atomic mass is 10.1. The van der Waals surface area contributed by atoms with Crippen LogP contribution in [-0.2, 0) is 12.8 Å². The first kappa shape index (κ1) is 21.1. The van der Waals surface area contributed by atoms with Crippen molar-refractivity contribution in [2.45, 2.75) is 59.8 Å². The van der Waals surface area contributed by atoms with E-state index in [0.29, 0.717) is 31.0 Å². The molecule has 0 saturated heterocycles. The predicted octanol–water partition coefficient (Wildman–Crippen LogP) is 4.89. The maximum Gasteiger partial charge on any atom is 0.254 e. The highest BCUT2D eigenvalue weighted by Crippen LogP contribution is 2.31. The highest BCUT2D eigenvalue weighted by atomic mass is 32.1. The first-order valence-electron chi connectivity index (χ1n) is 9.73. The number of hydrogen-bond acceptors (Lipinski definition) is 4. The zero-order valence-corrected chi connectivity index (χ0v) is 17.5. The summed E-state index contributed by atoms with van der Waals surface area (Å²) in [6.07, 6.45) is 4.10. The van der Waals surface area contributed by atoms with Gasteiger partial charge in [0, 0.05) is 11.3 Å². The van der Waals surface area contributed by atoms with Gasteiger partial charge in [-0.15, -0.1) is 0 Å². The Bertz CT molecular complexity index is 846. The van der Waals surface area contributed by atoms with Crippen LogP contribution in [0, 0.1) is 0 Å². The molecule has 1 heterocycles. The lowest BCUT2D eigenvalue weighted by Gasteiger charge is -2.15. The quantitative estimate of drug-likeness (QED) is 0.600. The minimum Gasteiger partial charge on any atom is -0.493 e. The first-order chi connectivity index (χ1) is 13.0. The Morgan fingerprint density at radius 1 is 1.19 bits per heavy atom. The van der Waals surface area contributed by atoms with Gasteiger partial charge >= 0.3 is 0 Å². The fraction of sp³-hybridized carbons (Fsp3) is 0.476. The molecule has 6 heteroatoms. The summed E-state index contributed by atoms with van der Waals surface area (Å²) in [5.74, 6) is 1.24. The molecule has 0 spiro atoms. The fourth-order valence-corrected chi connectivity index (χ4v) is 3.23. The second-order valence-electron chi connectivity index (χ2n) is 6.40. The highest BCUT2D eigenvalue weighted by Gasteiger charge is 2.15. The van der Waals surface area contributed by atoms with E-state index >= 15 is 0 Å². The summed E-state index contributed by atoms with van der Waals surface area (Å²) < 4.78 is 5.90. The van der Waals surface area contributed by atoms with Crippen LogP contribution in [0.25, 0.3) is 11.4 Å². The van der Waals surface area contributed by atoms with Crippen LogP contribution in [0.3, 0.4) is 0 Å². The standard InChI is InChI=1S/C21H29N3O2S/c1-5-9-19(27)22-14-10-11-18(26-12-6-2)16(13-14)20-23-17(8-4)15(7-3)21(25)24-20/h10-11,13H,5-9,12H2,1-4H3,(H,22,27)(H,23,24,25). The molecule has 0 bridgehead atoms. The number of nitrogens with one attached hydrogen (secondary N) is 2. The molecule has 2 aromatic rings. The van der Waals surface area contributed by atoms with Crippen LogP contribution >= 0.6 is 12.2 Å². The van der Waals surface area contributed by atoms with Crippen molar-refractivity contribution in [2.75, 3.05) is 11.9 Å². The summed E-state index contributed by atoms with van der Waals surface area (Å²) in [6.45, 7) is 8.74. The number of aryl methyl sites for hydroxylation is 1. The number of hydrogen-bond donors (Lipinski definition) is 2. The third-order valence-corrected chi connectivity index (χ3v) is 4.55. The van der Waals surface area contributed by atoms with Crippen molar-refractivity contribution in [1.29, 1.82) is 0 Å². The van der Waals surface area contributed by atoms with Crippen LogP contribution in [-0.4, -0.2) is 21.6 Å². The number of benzene rings is 1. The number of nitrogens with zero attached hydrogens (tertiary/aromatic N) is 1. The van der Waals surface area contributed by atoms with Crippen molar-refractivity contribution in [3.8, 4) is 17.1 Å². The first-order valence-corrected chi connectivity index (χ1v) is 10.1. The van der Waals surface area contributed by atoms with Gasteiger partial charge in [0.2, 0.25) is 0 Å². The summed E-state index contributed by atoms with van der Waals surface area (Å²) in [6, 6.07) is 5.78. The van der Waals surface area contributed by atoms with E-state index < -0.39 is 0 Å². The summed E-state index contributed by atoms with van der Waals surface area (Å²) in [4.78, 5) is 21.0. The topological polar surface area (TPSA) is 67.0 Å². The maximum absolute atomic E-state index is 12.5. The summed E-state index contributed by atoms with van der Waals surface area (Å²) in [5.41, 5.74) is 3.13. The van der Waals surface area contributed by atoms with E-state index in [4.69, 9.17) is 21.9 Å².